The van der Waals surface area contributed by atoms with Crippen molar-refractivity contribution in [2.45, 2.75) is 6.92 Å². The summed E-state index contributed by atoms with van der Waals surface area (Å²) in [5.41, 5.74) is -0.108. The fourth-order valence-electron chi connectivity index (χ4n) is 1.49. The summed E-state index contributed by atoms with van der Waals surface area (Å²) in [5, 5.41) is 14.1. The smallest absolute Gasteiger partial charge is 0.352 e. The van der Waals surface area contributed by atoms with Crippen LogP contribution in [0.25, 0.3) is 0 Å². The van der Waals surface area contributed by atoms with E-state index in [0.717, 1.165) is 0 Å². The van der Waals surface area contributed by atoms with E-state index in [1.54, 1.807) is 7.05 Å². The van der Waals surface area contributed by atoms with E-state index in [1.165, 1.54) is 25.4 Å². The second kappa shape index (κ2) is 5.66. The number of rotatable bonds is 4. The van der Waals surface area contributed by atoms with Crippen molar-refractivity contribution in [1.29, 1.82) is 0 Å². The van der Waals surface area contributed by atoms with Crippen LogP contribution in [-0.4, -0.2) is 26.9 Å². The first kappa shape index (κ1) is 13.9. The van der Waals surface area contributed by atoms with Crippen molar-refractivity contribution in [3.63, 3.8) is 0 Å². The van der Waals surface area contributed by atoms with Crippen molar-refractivity contribution in [3.8, 4) is 11.6 Å². The molecule has 0 spiro atoms. The van der Waals surface area contributed by atoms with Crippen LogP contribution in [0.3, 0.4) is 0 Å². The third kappa shape index (κ3) is 2.91. The van der Waals surface area contributed by atoms with Gasteiger partial charge in [0.05, 0.1) is 16.1 Å². The average Bonchev–Trinajstić information content (AvgIpc) is 2.37. The van der Waals surface area contributed by atoms with Crippen molar-refractivity contribution < 1.29 is 9.66 Å². The molecular weight excluding hydrogens is 286 g/mol. The van der Waals surface area contributed by atoms with Gasteiger partial charge >= 0.3 is 11.6 Å². The Kier molecular flexibility index (Phi) is 3.94. The van der Waals surface area contributed by atoms with E-state index in [0.29, 0.717) is 5.02 Å². The Hall–Kier alpha value is -2.48. The predicted molar refractivity (Wildman–Crippen MR) is 72.3 cm³/mol. The van der Waals surface area contributed by atoms with Crippen LogP contribution in [0.15, 0.2) is 18.5 Å². The van der Waals surface area contributed by atoms with Crippen LogP contribution in [0.5, 0.6) is 11.6 Å². The molecule has 0 atom stereocenters. The molecule has 0 radical (unpaired) electrons. The van der Waals surface area contributed by atoms with E-state index in [-0.39, 0.29) is 29.0 Å². The molecule has 0 aliphatic rings. The van der Waals surface area contributed by atoms with Crippen molar-refractivity contribution in [2.75, 3.05) is 12.4 Å². The van der Waals surface area contributed by atoms with Crippen LogP contribution < -0.4 is 10.1 Å². The monoisotopic (exact) mass is 295 g/mol. The Morgan fingerprint density at radius 2 is 2.15 bits per heavy atom. The molecule has 0 aliphatic heterocycles. The number of ether oxygens (including phenoxy) is 1. The van der Waals surface area contributed by atoms with Crippen molar-refractivity contribution in [1.82, 2.24) is 15.0 Å². The van der Waals surface area contributed by atoms with Gasteiger partial charge in [0, 0.05) is 19.3 Å². The first-order valence-electron chi connectivity index (χ1n) is 5.50. The first-order valence-corrected chi connectivity index (χ1v) is 5.88. The van der Waals surface area contributed by atoms with Gasteiger partial charge in [-0.15, -0.1) is 0 Å². The average molecular weight is 296 g/mol. The zero-order chi connectivity index (χ0) is 14.7. The second-order valence-electron chi connectivity index (χ2n) is 3.73. The van der Waals surface area contributed by atoms with Crippen LogP contribution in [0.1, 0.15) is 5.69 Å². The van der Waals surface area contributed by atoms with Gasteiger partial charge in [0.25, 0.3) is 0 Å². The molecule has 0 saturated heterocycles. The van der Waals surface area contributed by atoms with Gasteiger partial charge in [-0.2, -0.15) is 4.98 Å². The number of pyridine rings is 1. The van der Waals surface area contributed by atoms with E-state index in [9.17, 15) is 10.1 Å². The highest BCUT2D eigenvalue weighted by molar-refractivity contribution is 6.30. The molecule has 20 heavy (non-hydrogen) atoms. The molecule has 0 aliphatic carbocycles. The summed E-state index contributed by atoms with van der Waals surface area (Å²) >= 11 is 5.78. The highest BCUT2D eigenvalue weighted by Crippen LogP contribution is 2.32. The summed E-state index contributed by atoms with van der Waals surface area (Å²) in [6.45, 7) is 1.50. The lowest BCUT2D eigenvalue weighted by Crippen LogP contribution is -2.05. The van der Waals surface area contributed by atoms with Gasteiger partial charge in [0.1, 0.15) is 11.4 Å². The number of hydrogen-bond acceptors (Lipinski definition) is 7. The Bertz CT molecular complexity index is 665. The maximum Gasteiger partial charge on any atom is 0.352 e. The van der Waals surface area contributed by atoms with Crippen molar-refractivity contribution >= 4 is 23.2 Å². The molecule has 0 fully saturated rings. The quantitative estimate of drug-likeness (QED) is 0.683. The summed E-state index contributed by atoms with van der Waals surface area (Å²) in [6.07, 6.45) is 2.80. The highest BCUT2D eigenvalue weighted by Gasteiger charge is 2.24. The predicted octanol–water partition coefficient (Wildman–Crippen LogP) is 2.58. The van der Waals surface area contributed by atoms with Gasteiger partial charge in [0.2, 0.25) is 5.95 Å². The molecule has 0 aromatic carbocycles. The van der Waals surface area contributed by atoms with Crippen LogP contribution in [0.2, 0.25) is 5.02 Å². The van der Waals surface area contributed by atoms with E-state index in [4.69, 9.17) is 16.3 Å². The third-order valence-electron chi connectivity index (χ3n) is 2.33. The number of anilines is 1. The molecule has 1 N–H and O–H groups in total. The minimum absolute atomic E-state index is 0.170. The Balaban J connectivity index is 2.48. The van der Waals surface area contributed by atoms with Crippen molar-refractivity contribution in [2.24, 2.45) is 0 Å². The zero-order valence-corrected chi connectivity index (χ0v) is 11.4. The summed E-state index contributed by atoms with van der Waals surface area (Å²) in [7, 11) is 1.60. The minimum Gasteiger partial charge on any atom is -0.432 e. The van der Waals surface area contributed by atoms with Crippen LogP contribution in [-0.2, 0) is 0 Å². The molecule has 8 nitrogen and oxygen atoms in total. The lowest BCUT2D eigenvalue weighted by Gasteiger charge is -2.08. The van der Waals surface area contributed by atoms with Gasteiger partial charge in [0.15, 0.2) is 0 Å². The molecule has 0 amide bonds. The third-order valence-corrected chi connectivity index (χ3v) is 2.53. The summed E-state index contributed by atoms with van der Waals surface area (Å²) in [6, 6.07) is 1.48. The second-order valence-corrected chi connectivity index (χ2v) is 4.17. The molecule has 2 aromatic rings. The number of aromatic nitrogens is 3. The number of nitrogens with zero attached hydrogens (tertiary/aromatic N) is 4. The first-order chi connectivity index (χ1) is 9.51. The van der Waals surface area contributed by atoms with Crippen LogP contribution >= 0.6 is 11.6 Å². The Morgan fingerprint density at radius 3 is 2.75 bits per heavy atom. The van der Waals surface area contributed by atoms with Gasteiger partial charge in [-0.05, 0) is 6.92 Å². The molecule has 0 unspecified atom stereocenters. The van der Waals surface area contributed by atoms with Gasteiger partial charge in [-0.3, -0.25) is 15.1 Å². The lowest BCUT2D eigenvalue weighted by atomic mass is 10.3. The van der Waals surface area contributed by atoms with Crippen molar-refractivity contribution in [3.05, 3.63) is 39.3 Å². The van der Waals surface area contributed by atoms with Crippen LogP contribution in [0, 0.1) is 17.0 Å². The number of nitro groups is 1. The summed E-state index contributed by atoms with van der Waals surface area (Å²) in [5.74, 6) is 0.301. The van der Waals surface area contributed by atoms with E-state index < -0.39 is 4.92 Å². The largest absolute Gasteiger partial charge is 0.432 e. The number of halogens is 1. The number of nitrogens with one attached hydrogen (secondary N) is 1. The molecule has 0 saturated carbocycles. The molecule has 2 rings (SSSR count). The van der Waals surface area contributed by atoms with E-state index >= 15 is 0 Å². The standard InChI is InChI=1S/C11H10ClN5O3/c1-6-9(17(18)19)10(16-11(13-2)15-6)20-8-3-7(12)4-14-5-8/h3-5H,1-2H3,(H,13,15,16). The number of aryl methyl sites for hydroxylation is 1. The van der Waals surface area contributed by atoms with Gasteiger partial charge in [-0.25, -0.2) is 4.98 Å². The van der Waals surface area contributed by atoms with E-state index in [2.05, 4.69) is 20.3 Å². The van der Waals surface area contributed by atoms with Gasteiger partial charge < -0.3 is 10.1 Å². The molecule has 2 aromatic heterocycles. The molecule has 2 heterocycles. The normalized spacial score (nSPS) is 10.2. The topological polar surface area (TPSA) is 103 Å². The zero-order valence-electron chi connectivity index (χ0n) is 10.6. The van der Waals surface area contributed by atoms with Crippen LogP contribution in [0.4, 0.5) is 11.6 Å². The summed E-state index contributed by atoms with van der Waals surface area (Å²) in [4.78, 5) is 22.2. The Morgan fingerprint density at radius 1 is 1.40 bits per heavy atom. The minimum atomic E-state index is -0.595. The fraction of sp³-hybridized carbons (Fsp3) is 0.182. The molecule has 0 bridgehead atoms. The number of hydrogen-bond donors (Lipinski definition) is 1. The summed E-state index contributed by atoms with van der Waals surface area (Å²) < 4.78 is 5.40. The van der Waals surface area contributed by atoms with E-state index in [1.807, 2.05) is 0 Å². The molecule has 9 heteroatoms. The molecule has 104 valence electrons. The lowest BCUT2D eigenvalue weighted by molar-refractivity contribution is -0.386. The maximum atomic E-state index is 11.1. The van der Waals surface area contributed by atoms with Gasteiger partial charge in [-0.1, -0.05) is 11.6 Å². The Labute approximate surface area is 118 Å². The molecular formula is C11H10ClN5O3. The fourth-order valence-corrected chi connectivity index (χ4v) is 1.66. The highest BCUT2D eigenvalue weighted by atomic mass is 35.5. The maximum absolute atomic E-state index is 11.1. The SMILES string of the molecule is CNc1nc(C)c([N+](=O)[O-])c(Oc2cncc(Cl)c2)n1.